The van der Waals surface area contributed by atoms with E-state index in [1.165, 1.54) is 4.88 Å². The van der Waals surface area contributed by atoms with E-state index in [4.69, 9.17) is 18.0 Å². The fourth-order valence-electron chi connectivity index (χ4n) is 1.52. The van der Waals surface area contributed by atoms with Crippen LogP contribution in [0.2, 0.25) is 0 Å². The molecule has 0 radical (unpaired) electrons. The summed E-state index contributed by atoms with van der Waals surface area (Å²) in [4.78, 5) is 1.85. The van der Waals surface area contributed by atoms with Crippen molar-refractivity contribution in [3.63, 3.8) is 0 Å². The Labute approximate surface area is 98.3 Å². The third-order valence-electron chi connectivity index (χ3n) is 2.26. The van der Waals surface area contributed by atoms with E-state index < -0.39 is 0 Å². The van der Waals surface area contributed by atoms with Crippen molar-refractivity contribution in [1.29, 1.82) is 0 Å². The molecular weight excluding hydrogens is 224 g/mol. The molecule has 78 valence electrons. The fraction of sp³-hybridized carbons (Fsp3) is 0.182. The molecule has 0 saturated heterocycles. The lowest BCUT2D eigenvalue weighted by Gasteiger charge is -2.06. The Morgan fingerprint density at radius 1 is 1.40 bits per heavy atom. The normalized spacial score (nSPS) is 10.4. The fourth-order valence-corrected chi connectivity index (χ4v) is 2.40. The number of rotatable bonds is 4. The minimum absolute atomic E-state index is 0.464. The molecule has 2 aromatic heterocycles. The Morgan fingerprint density at radius 3 is 2.93 bits per heavy atom. The van der Waals surface area contributed by atoms with E-state index in [1.54, 1.807) is 11.3 Å². The summed E-state index contributed by atoms with van der Waals surface area (Å²) in [5.74, 6) is 0. The van der Waals surface area contributed by atoms with E-state index in [2.05, 4.69) is 22.1 Å². The maximum absolute atomic E-state index is 5.62. The SMILES string of the molecule is NC(=S)c1cccn1CCc1cccs1. The molecule has 0 saturated carbocycles. The molecule has 0 amide bonds. The van der Waals surface area contributed by atoms with Gasteiger partial charge in [0, 0.05) is 17.6 Å². The second kappa shape index (κ2) is 4.59. The van der Waals surface area contributed by atoms with Gasteiger partial charge >= 0.3 is 0 Å². The van der Waals surface area contributed by atoms with Gasteiger partial charge in [-0.05, 0) is 30.0 Å². The number of aryl methyl sites for hydroxylation is 2. The van der Waals surface area contributed by atoms with E-state index in [0.717, 1.165) is 18.7 Å². The number of hydrogen-bond donors (Lipinski definition) is 1. The van der Waals surface area contributed by atoms with Gasteiger partial charge in [0.1, 0.15) is 4.99 Å². The number of nitrogens with two attached hydrogens (primary N) is 1. The first kappa shape index (κ1) is 10.4. The first-order valence-corrected chi connectivity index (χ1v) is 6.03. The summed E-state index contributed by atoms with van der Waals surface area (Å²) in [5.41, 5.74) is 6.57. The van der Waals surface area contributed by atoms with E-state index in [9.17, 15) is 0 Å². The van der Waals surface area contributed by atoms with Crippen LogP contribution in [0.25, 0.3) is 0 Å². The van der Waals surface area contributed by atoms with Gasteiger partial charge in [0.2, 0.25) is 0 Å². The topological polar surface area (TPSA) is 30.9 Å². The predicted octanol–water partition coefficient (Wildman–Crippen LogP) is 2.43. The van der Waals surface area contributed by atoms with Crippen LogP contribution in [0.15, 0.2) is 35.8 Å². The summed E-state index contributed by atoms with van der Waals surface area (Å²) in [6.07, 6.45) is 3.05. The molecular formula is C11H12N2S2. The summed E-state index contributed by atoms with van der Waals surface area (Å²) in [6, 6.07) is 8.15. The second-order valence-electron chi connectivity index (χ2n) is 3.28. The van der Waals surface area contributed by atoms with Crippen LogP contribution in [0.5, 0.6) is 0 Å². The zero-order chi connectivity index (χ0) is 10.7. The van der Waals surface area contributed by atoms with Gasteiger partial charge in [-0.25, -0.2) is 0 Å². The highest BCUT2D eigenvalue weighted by Crippen LogP contribution is 2.11. The summed E-state index contributed by atoms with van der Waals surface area (Å²) < 4.78 is 2.10. The average molecular weight is 236 g/mol. The lowest BCUT2D eigenvalue weighted by atomic mass is 10.3. The standard InChI is InChI=1S/C11H12N2S2/c12-11(14)10-4-1-6-13(10)7-5-9-3-2-8-15-9/h1-4,6,8H,5,7H2,(H2,12,14). The van der Waals surface area contributed by atoms with E-state index in [-0.39, 0.29) is 0 Å². The van der Waals surface area contributed by atoms with E-state index in [1.807, 2.05) is 18.3 Å². The lowest BCUT2D eigenvalue weighted by Crippen LogP contribution is -2.15. The monoisotopic (exact) mass is 236 g/mol. The molecule has 0 aliphatic rings. The molecule has 15 heavy (non-hydrogen) atoms. The van der Waals surface area contributed by atoms with Gasteiger partial charge in [0.25, 0.3) is 0 Å². The smallest absolute Gasteiger partial charge is 0.120 e. The second-order valence-corrected chi connectivity index (χ2v) is 4.75. The van der Waals surface area contributed by atoms with Crippen LogP contribution in [-0.4, -0.2) is 9.56 Å². The maximum Gasteiger partial charge on any atom is 0.120 e. The molecule has 2 aromatic rings. The molecule has 2 heterocycles. The van der Waals surface area contributed by atoms with Gasteiger partial charge in [-0.1, -0.05) is 18.3 Å². The first-order chi connectivity index (χ1) is 7.27. The minimum Gasteiger partial charge on any atom is -0.388 e. The summed E-state index contributed by atoms with van der Waals surface area (Å²) in [6.45, 7) is 0.931. The van der Waals surface area contributed by atoms with Crippen LogP contribution in [0.1, 0.15) is 10.6 Å². The molecule has 2 N–H and O–H groups in total. The summed E-state index contributed by atoms with van der Waals surface area (Å²) in [5, 5.41) is 2.10. The molecule has 0 aliphatic carbocycles. The minimum atomic E-state index is 0.464. The first-order valence-electron chi connectivity index (χ1n) is 4.74. The number of thiophene rings is 1. The Morgan fingerprint density at radius 2 is 2.27 bits per heavy atom. The zero-order valence-electron chi connectivity index (χ0n) is 8.22. The molecule has 2 nitrogen and oxygen atoms in total. The van der Waals surface area contributed by atoms with Gasteiger partial charge in [0.05, 0.1) is 5.69 Å². The van der Waals surface area contributed by atoms with Gasteiger partial charge in [-0.2, -0.15) is 0 Å². The highest BCUT2D eigenvalue weighted by Gasteiger charge is 2.03. The number of aromatic nitrogens is 1. The van der Waals surface area contributed by atoms with Gasteiger partial charge in [-0.3, -0.25) is 0 Å². The van der Waals surface area contributed by atoms with E-state index in [0.29, 0.717) is 4.99 Å². The van der Waals surface area contributed by atoms with Crippen molar-refractivity contribution in [1.82, 2.24) is 4.57 Å². The summed E-state index contributed by atoms with van der Waals surface area (Å²) >= 11 is 6.76. The average Bonchev–Trinajstić information content (AvgIpc) is 2.86. The Balaban J connectivity index is 2.05. The molecule has 2 rings (SSSR count). The Kier molecular flexibility index (Phi) is 3.18. The molecule has 0 aliphatic heterocycles. The predicted molar refractivity (Wildman–Crippen MR) is 68.3 cm³/mol. The zero-order valence-corrected chi connectivity index (χ0v) is 9.85. The molecule has 0 atom stereocenters. The highest BCUT2D eigenvalue weighted by molar-refractivity contribution is 7.80. The van der Waals surface area contributed by atoms with Crippen molar-refractivity contribution in [3.8, 4) is 0 Å². The van der Waals surface area contributed by atoms with Crippen LogP contribution >= 0.6 is 23.6 Å². The third kappa shape index (κ3) is 2.46. The van der Waals surface area contributed by atoms with Gasteiger partial charge < -0.3 is 10.3 Å². The number of hydrogen-bond acceptors (Lipinski definition) is 2. The molecule has 0 unspecified atom stereocenters. The summed E-state index contributed by atoms with van der Waals surface area (Å²) in [7, 11) is 0. The lowest BCUT2D eigenvalue weighted by molar-refractivity contribution is 0.702. The number of nitrogens with zero attached hydrogens (tertiary/aromatic N) is 1. The molecule has 0 bridgehead atoms. The van der Waals surface area contributed by atoms with Gasteiger partial charge in [0.15, 0.2) is 0 Å². The van der Waals surface area contributed by atoms with Crippen LogP contribution < -0.4 is 5.73 Å². The molecule has 0 fully saturated rings. The van der Waals surface area contributed by atoms with Crippen molar-refractivity contribution < 1.29 is 0 Å². The highest BCUT2D eigenvalue weighted by atomic mass is 32.1. The third-order valence-corrected chi connectivity index (χ3v) is 3.41. The number of thiocarbonyl (C=S) groups is 1. The molecule has 0 aromatic carbocycles. The van der Waals surface area contributed by atoms with Crippen LogP contribution in [0.4, 0.5) is 0 Å². The van der Waals surface area contributed by atoms with Crippen LogP contribution in [0, 0.1) is 0 Å². The van der Waals surface area contributed by atoms with E-state index >= 15 is 0 Å². The van der Waals surface area contributed by atoms with Gasteiger partial charge in [-0.15, -0.1) is 11.3 Å². The van der Waals surface area contributed by atoms with Crippen molar-refractivity contribution in [2.24, 2.45) is 5.73 Å². The van der Waals surface area contributed by atoms with Crippen molar-refractivity contribution >= 4 is 28.5 Å². The quantitative estimate of drug-likeness (QED) is 0.827. The Hall–Kier alpha value is -1.13. The van der Waals surface area contributed by atoms with Crippen molar-refractivity contribution in [3.05, 3.63) is 46.4 Å². The van der Waals surface area contributed by atoms with Crippen molar-refractivity contribution in [2.45, 2.75) is 13.0 Å². The van der Waals surface area contributed by atoms with Crippen LogP contribution in [0.3, 0.4) is 0 Å². The molecule has 0 spiro atoms. The molecule has 4 heteroatoms. The largest absolute Gasteiger partial charge is 0.388 e. The van der Waals surface area contributed by atoms with Crippen LogP contribution in [-0.2, 0) is 13.0 Å². The van der Waals surface area contributed by atoms with Crippen molar-refractivity contribution in [2.75, 3.05) is 0 Å². The maximum atomic E-state index is 5.62. The Bertz CT molecular complexity index is 443.